The molecule has 0 radical (unpaired) electrons. The van der Waals surface area contributed by atoms with Crippen molar-refractivity contribution in [3.05, 3.63) is 65.1 Å². The number of hydrogen-bond acceptors (Lipinski definition) is 0. The Kier molecular flexibility index (Phi) is 3.76. The van der Waals surface area contributed by atoms with E-state index in [0.717, 1.165) is 0 Å². The maximum absolute atomic E-state index is 3.67. The van der Waals surface area contributed by atoms with Crippen LogP contribution in [0.3, 0.4) is 0 Å². The molecule has 0 aliphatic heterocycles. The average molecular weight is 355 g/mol. The monoisotopic (exact) mass is 354 g/mol. The Morgan fingerprint density at radius 2 is 1.43 bits per heavy atom. The molecule has 0 bridgehead atoms. The van der Waals surface area contributed by atoms with Gasteiger partial charge in [-0.25, -0.2) is 0 Å². The molecule has 0 unspecified atom stereocenters. The number of benzene rings is 3. The second-order valence-electron chi connectivity index (χ2n) is 6.54. The van der Waals surface area contributed by atoms with Crippen molar-refractivity contribution in [2.45, 2.75) is 19.6 Å². The first kappa shape index (κ1) is 14.5. The largest absolute Gasteiger partial charge is 0.0776 e. The number of fused-ring (bicyclic) bond motifs is 1. The predicted octanol–water partition coefficient (Wildman–Crippen LogP) is 5.81. The average Bonchev–Trinajstić information content (AvgIpc) is 2.45. The molecule has 0 atom stereocenters. The van der Waals surface area contributed by atoms with Crippen LogP contribution >= 0.6 is 15.9 Å². The molecule has 3 rings (SSSR count). The third-order valence-electron chi connectivity index (χ3n) is 3.85. The van der Waals surface area contributed by atoms with E-state index in [1.807, 2.05) is 0 Å². The molecule has 0 aliphatic carbocycles. The van der Waals surface area contributed by atoms with Gasteiger partial charge in [-0.3, -0.25) is 0 Å². The molecule has 0 saturated carbocycles. The van der Waals surface area contributed by atoms with Crippen LogP contribution in [0.4, 0.5) is 0 Å². The highest BCUT2D eigenvalue weighted by Crippen LogP contribution is 2.26. The number of halogens is 1. The molecule has 3 aromatic carbocycles. The molecule has 3 aromatic rings. The van der Waals surface area contributed by atoms with Gasteiger partial charge in [0, 0.05) is 4.47 Å². The van der Waals surface area contributed by atoms with Crippen LogP contribution in [0, 0.1) is 0 Å². The minimum absolute atomic E-state index is 1.17. The summed E-state index contributed by atoms with van der Waals surface area (Å²) in [4.78, 5) is 0. The van der Waals surface area contributed by atoms with Crippen LogP contribution in [0.15, 0.2) is 65.1 Å². The van der Waals surface area contributed by atoms with Crippen LogP contribution in [0.1, 0.15) is 0 Å². The Morgan fingerprint density at radius 3 is 2.14 bits per heavy atom. The van der Waals surface area contributed by atoms with E-state index in [2.05, 4.69) is 96.2 Å². The molecule has 0 N–H and O–H groups in total. The van der Waals surface area contributed by atoms with E-state index in [4.69, 9.17) is 0 Å². The normalized spacial score (nSPS) is 11.8. The minimum Gasteiger partial charge on any atom is -0.0656 e. The van der Waals surface area contributed by atoms with Crippen LogP contribution in [0.5, 0.6) is 0 Å². The molecule has 0 fully saturated rings. The molecule has 0 nitrogen and oxygen atoms in total. The van der Waals surface area contributed by atoms with Gasteiger partial charge in [-0.05, 0) is 40.1 Å². The fraction of sp³-hybridized carbons (Fsp3) is 0.158. The molecule has 2 heteroatoms. The Labute approximate surface area is 136 Å². The first-order valence-corrected chi connectivity index (χ1v) is 11.5. The summed E-state index contributed by atoms with van der Waals surface area (Å²) in [6, 6.07) is 22.1. The standard InChI is InChI=1S/C19H19BrSi/c1-21(2,3)19-12-17(11-18(20)13-19)16-9-8-14-6-4-5-7-15(14)10-16/h4-13H,1-3H3. The summed E-state index contributed by atoms with van der Waals surface area (Å²) in [6.45, 7) is 7.16. The van der Waals surface area contributed by atoms with Crippen molar-refractivity contribution in [3.63, 3.8) is 0 Å². The van der Waals surface area contributed by atoms with Gasteiger partial charge in [0.05, 0.1) is 8.07 Å². The van der Waals surface area contributed by atoms with Crippen LogP contribution in [0.2, 0.25) is 19.6 Å². The first-order chi connectivity index (χ1) is 9.93. The van der Waals surface area contributed by atoms with Crippen LogP contribution in [-0.4, -0.2) is 8.07 Å². The summed E-state index contributed by atoms with van der Waals surface area (Å²) in [5.41, 5.74) is 2.59. The van der Waals surface area contributed by atoms with Crippen molar-refractivity contribution in [2.24, 2.45) is 0 Å². The quantitative estimate of drug-likeness (QED) is 0.509. The SMILES string of the molecule is C[Si](C)(C)c1cc(Br)cc(-c2ccc3ccccc3c2)c1. The molecular weight excluding hydrogens is 336 g/mol. The zero-order valence-corrected chi connectivity index (χ0v) is 15.2. The number of rotatable bonds is 2. The molecule has 0 heterocycles. The summed E-state index contributed by atoms with van der Waals surface area (Å²) in [7, 11) is -1.31. The van der Waals surface area contributed by atoms with E-state index < -0.39 is 8.07 Å². The predicted molar refractivity (Wildman–Crippen MR) is 100 cm³/mol. The van der Waals surface area contributed by atoms with Crippen molar-refractivity contribution < 1.29 is 0 Å². The summed E-state index contributed by atoms with van der Waals surface area (Å²) in [5.74, 6) is 0. The van der Waals surface area contributed by atoms with E-state index >= 15 is 0 Å². The minimum atomic E-state index is -1.31. The lowest BCUT2D eigenvalue weighted by Gasteiger charge is -2.18. The Hall–Kier alpha value is -1.38. The van der Waals surface area contributed by atoms with Crippen molar-refractivity contribution in [1.29, 1.82) is 0 Å². The molecule has 0 aromatic heterocycles. The van der Waals surface area contributed by atoms with E-state index in [1.165, 1.54) is 31.6 Å². The lowest BCUT2D eigenvalue weighted by atomic mass is 10.0. The van der Waals surface area contributed by atoms with Gasteiger partial charge in [-0.2, -0.15) is 0 Å². The first-order valence-electron chi connectivity index (χ1n) is 7.24. The fourth-order valence-corrected chi connectivity index (χ4v) is 4.44. The lowest BCUT2D eigenvalue weighted by molar-refractivity contribution is 1.61. The number of hydrogen-bond donors (Lipinski definition) is 0. The van der Waals surface area contributed by atoms with E-state index in [1.54, 1.807) is 0 Å². The Bertz CT molecular complexity index is 800. The maximum Gasteiger partial charge on any atom is 0.0776 e. The zero-order valence-electron chi connectivity index (χ0n) is 12.7. The van der Waals surface area contributed by atoms with Crippen molar-refractivity contribution in [2.75, 3.05) is 0 Å². The van der Waals surface area contributed by atoms with Crippen molar-refractivity contribution >= 4 is 40.0 Å². The molecule has 106 valence electrons. The van der Waals surface area contributed by atoms with Gasteiger partial charge in [-0.15, -0.1) is 0 Å². The van der Waals surface area contributed by atoms with Gasteiger partial charge in [0.25, 0.3) is 0 Å². The van der Waals surface area contributed by atoms with Crippen molar-refractivity contribution in [3.8, 4) is 11.1 Å². The maximum atomic E-state index is 3.67. The highest BCUT2D eigenvalue weighted by molar-refractivity contribution is 9.10. The van der Waals surface area contributed by atoms with Crippen LogP contribution < -0.4 is 5.19 Å². The summed E-state index contributed by atoms with van der Waals surface area (Å²) >= 11 is 3.67. The molecule has 0 amide bonds. The van der Waals surface area contributed by atoms with Crippen LogP contribution in [-0.2, 0) is 0 Å². The van der Waals surface area contributed by atoms with Gasteiger partial charge in [0.1, 0.15) is 0 Å². The summed E-state index contributed by atoms with van der Waals surface area (Å²) < 4.78 is 1.17. The second kappa shape index (κ2) is 5.43. The third kappa shape index (κ3) is 3.12. The van der Waals surface area contributed by atoms with E-state index in [-0.39, 0.29) is 0 Å². The van der Waals surface area contributed by atoms with Gasteiger partial charge in [0.15, 0.2) is 0 Å². The molecule has 0 spiro atoms. The molecule has 0 aliphatic rings. The van der Waals surface area contributed by atoms with Crippen LogP contribution in [0.25, 0.3) is 21.9 Å². The fourth-order valence-electron chi connectivity index (χ4n) is 2.56. The zero-order chi connectivity index (χ0) is 15.0. The molecular formula is C19H19BrSi. The highest BCUT2D eigenvalue weighted by atomic mass is 79.9. The summed E-state index contributed by atoms with van der Waals surface area (Å²) in [6.07, 6.45) is 0. The molecule has 21 heavy (non-hydrogen) atoms. The Balaban J connectivity index is 2.16. The summed E-state index contributed by atoms with van der Waals surface area (Å²) in [5, 5.41) is 4.08. The molecule has 0 saturated heterocycles. The topological polar surface area (TPSA) is 0 Å². The Morgan fingerprint density at radius 1 is 0.714 bits per heavy atom. The lowest BCUT2D eigenvalue weighted by Crippen LogP contribution is -2.37. The van der Waals surface area contributed by atoms with Gasteiger partial charge in [0.2, 0.25) is 0 Å². The van der Waals surface area contributed by atoms with Gasteiger partial charge in [-0.1, -0.05) is 83.2 Å². The van der Waals surface area contributed by atoms with E-state index in [9.17, 15) is 0 Å². The van der Waals surface area contributed by atoms with E-state index in [0.29, 0.717) is 0 Å². The smallest absolute Gasteiger partial charge is 0.0656 e. The van der Waals surface area contributed by atoms with Gasteiger partial charge < -0.3 is 0 Å². The van der Waals surface area contributed by atoms with Gasteiger partial charge >= 0.3 is 0 Å². The third-order valence-corrected chi connectivity index (χ3v) is 6.33. The highest BCUT2D eigenvalue weighted by Gasteiger charge is 2.17. The van der Waals surface area contributed by atoms with Crippen molar-refractivity contribution in [1.82, 2.24) is 0 Å². The second-order valence-corrected chi connectivity index (χ2v) is 12.5.